The van der Waals surface area contributed by atoms with Crippen LogP contribution in [0.1, 0.15) is 36.8 Å². The van der Waals surface area contributed by atoms with E-state index in [2.05, 4.69) is 4.98 Å². The third-order valence-electron chi connectivity index (χ3n) is 5.16. The first-order valence-corrected chi connectivity index (χ1v) is 10.7. The first-order valence-electron chi connectivity index (χ1n) is 9.28. The van der Waals surface area contributed by atoms with Gasteiger partial charge in [0.25, 0.3) is 0 Å². The lowest BCUT2D eigenvalue weighted by Crippen LogP contribution is -2.33. The molecule has 1 aliphatic heterocycles. The molecule has 0 unspecified atom stereocenters. The number of nitrogens with zero attached hydrogens (tertiary/aromatic N) is 3. The molecule has 6 nitrogen and oxygen atoms in total. The van der Waals surface area contributed by atoms with Gasteiger partial charge in [-0.25, -0.2) is 8.42 Å². The van der Waals surface area contributed by atoms with Crippen LogP contribution in [0.15, 0.2) is 47.6 Å². The highest BCUT2D eigenvalue weighted by Crippen LogP contribution is 2.36. The standard InChI is InChI=1S/C20H23N3O3S.ClH/c1-15-6-7-18(22-11-3-5-20(22)24)12-19(15)27(25,26)23(17-8-9-17)14-16-4-2-10-21-13-16;/h2,4,6-7,10,12-13,17H,3,5,8-9,11,14H2,1H3;1H. The van der Waals surface area contributed by atoms with E-state index in [1.165, 1.54) is 0 Å². The SMILES string of the molecule is Cc1ccc(N2CCCC2=O)cc1S(=O)(=O)N(Cc1cccnc1)C1CC1.Cl. The monoisotopic (exact) mass is 421 g/mol. The molecule has 8 heteroatoms. The summed E-state index contributed by atoms with van der Waals surface area (Å²) in [5, 5.41) is 0. The van der Waals surface area contributed by atoms with Gasteiger partial charge in [0.2, 0.25) is 15.9 Å². The summed E-state index contributed by atoms with van der Waals surface area (Å²) in [4.78, 5) is 18.1. The molecule has 0 N–H and O–H groups in total. The molecule has 1 saturated heterocycles. The number of amides is 1. The van der Waals surface area contributed by atoms with Gasteiger partial charge in [-0.2, -0.15) is 4.31 Å². The Balaban J connectivity index is 0.00000225. The van der Waals surface area contributed by atoms with Crippen LogP contribution in [0.5, 0.6) is 0 Å². The van der Waals surface area contributed by atoms with Gasteiger partial charge in [-0.05, 0) is 55.5 Å². The van der Waals surface area contributed by atoms with Crippen molar-refractivity contribution in [1.82, 2.24) is 9.29 Å². The molecule has 4 rings (SSSR count). The normalized spacial score (nSPS) is 17.1. The molecule has 0 atom stereocenters. The second kappa shape index (κ2) is 8.19. The number of aromatic nitrogens is 1. The van der Waals surface area contributed by atoms with Gasteiger partial charge in [-0.15, -0.1) is 12.4 Å². The lowest BCUT2D eigenvalue weighted by molar-refractivity contribution is -0.117. The number of aryl methyl sites for hydroxylation is 1. The molecule has 1 saturated carbocycles. The molecular weight excluding hydrogens is 398 g/mol. The number of pyridine rings is 1. The number of carbonyl (C=O) groups is 1. The van der Waals surface area contributed by atoms with E-state index in [9.17, 15) is 13.2 Å². The maximum Gasteiger partial charge on any atom is 0.243 e. The zero-order chi connectivity index (χ0) is 19.0. The minimum absolute atomic E-state index is 0. The smallest absolute Gasteiger partial charge is 0.243 e. The molecule has 2 aliphatic rings. The van der Waals surface area contributed by atoms with E-state index in [0.29, 0.717) is 30.8 Å². The van der Waals surface area contributed by atoms with E-state index < -0.39 is 10.0 Å². The number of benzene rings is 1. The second-order valence-corrected chi connectivity index (χ2v) is 9.10. The molecule has 2 heterocycles. The molecule has 1 aromatic heterocycles. The molecule has 1 aromatic carbocycles. The predicted octanol–water partition coefficient (Wildman–Crippen LogP) is 3.29. The van der Waals surface area contributed by atoms with Crippen molar-refractivity contribution in [3.8, 4) is 0 Å². The van der Waals surface area contributed by atoms with Crippen molar-refractivity contribution < 1.29 is 13.2 Å². The minimum atomic E-state index is -3.67. The summed E-state index contributed by atoms with van der Waals surface area (Å²) in [5.41, 5.74) is 2.23. The fourth-order valence-corrected chi connectivity index (χ4v) is 5.45. The largest absolute Gasteiger partial charge is 0.312 e. The number of rotatable bonds is 6. The predicted molar refractivity (Wildman–Crippen MR) is 110 cm³/mol. The van der Waals surface area contributed by atoms with Crippen LogP contribution in [0.25, 0.3) is 0 Å². The summed E-state index contributed by atoms with van der Waals surface area (Å²) in [6.07, 6.45) is 6.47. The molecule has 0 spiro atoms. The van der Waals surface area contributed by atoms with Crippen molar-refractivity contribution >= 4 is 34.0 Å². The van der Waals surface area contributed by atoms with Crippen LogP contribution in [0.4, 0.5) is 5.69 Å². The van der Waals surface area contributed by atoms with E-state index in [1.807, 2.05) is 18.2 Å². The highest BCUT2D eigenvalue weighted by Gasteiger charge is 2.39. The molecular formula is C20H24ClN3O3S. The summed E-state index contributed by atoms with van der Waals surface area (Å²) in [6.45, 7) is 2.76. The van der Waals surface area contributed by atoms with Gasteiger partial charge in [-0.1, -0.05) is 12.1 Å². The third kappa shape index (κ3) is 4.06. The molecule has 2 aromatic rings. The number of hydrogen-bond acceptors (Lipinski definition) is 4. The summed E-state index contributed by atoms with van der Waals surface area (Å²) < 4.78 is 28.6. The van der Waals surface area contributed by atoms with Crippen molar-refractivity contribution in [2.24, 2.45) is 0 Å². The Morgan fingerprint density at radius 3 is 2.64 bits per heavy atom. The molecule has 0 bridgehead atoms. The van der Waals surface area contributed by atoms with E-state index in [1.54, 1.807) is 40.7 Å². The molecule has 28 heavy (non-hydrogen) atoms. The number of halogens is 1. The Morgan fingerprint density at radius 2 is 2.04 bits per heavy atom. The maximum absolute atomic E-state index is 13.5. The Labute approximate surface area is 172 Å². The first kappa shape index (κ1) is 20.8. The Hall–Kier alpha value is -1.96. The van der Waals surface area contributed by atoms with Crippen LogP contribution in [0, 0.1) is 6.92 Å². The highest BCUT2D eigenvalue weighted by molar-refractivity contribution is 7.89. The summed E-state index contributed by atoms with van der Waals surface area (Å²) in [7, 11) is -3.67. The summed E-state index contributed by atoms with van der Waals surface area (Å²) in [5.74, 6) is 0.0524. The fraction of sp³-hybridized carbons (Fsp3) is 0.400. The number of anilines is 1. The van der Waals surface area contributed by atoms with Gasteiger partial charge in [0.15, 0.2) is 0 Å². The molecule has 2 fully saturated rings. The van der Waals surface area contributed by atoms with Crippen molar-refractivity contribution in [3.63, 3.8) is 0 Å². The Kier molecular flexibility index (Phi) is 6.07. The van der Waals surface area contributed by atoms with Crippen LogP contribution < -0.4 is 4.90 Å². The van der Waals surface area contributed by atoms with Crippen LogP contribution in [-0.4, -0.2) is 36.2 Å². The van der Waals surface area contributed by atoms with Gasteiger partial charge in [0, 0.05) is 43.6 Å². The van der Waals surface area contributed by atoms with Crippen LogP contribution in [-0.2, 0) is 21.4 Å². The van der Waals surface area contributed by atoms with Crippen LogP contribution in [0.2, 0.25) is 0 Å². The van der Waals surface area contributed by atoms with E-state index in [4.69, 9.17) is 0 Å². The summed E-state index contributed by atoms with van der Waals surface area (Å²) >= 11 is 0. The maximum atomic E-state index is 13.5. The number of hydrogen-bond donors (Lipinski definition) is 0. The van der Waals surface area contributed by atoms with Crippen molar-refractivity contribution in [3.05, 3.63) is 53.9 Å². The lowest BCUT2D eigenvalue weighted by atomic mass is 10.2. The Morgan fingerprint density at radius 1 is 1.25 bits per heavy atom. The highest BCUT2D eigenvalue weighted by atomic mass is 35.5. The van der Waals surface area contributed by atoms with E-state index in [0.717, 1.165) is 24.8 Å². The van der Waals surface area contributed by atoms with Gasteiger partial charge < -0.3 is 4.90 Å². The Bertz CT molecular complexity index is 962. The van der Waals surface area contributed by atoms with Gasteiger partial charge in [0.05, 0.1) is 4.90 Å². The average molecular weight is 422 g/mol. The van der Waals surface area contributed by atoms with Crippen molar-refractivity contribution in [2.75, 3.05) is 11.4 Å². The molecule has 1 aliphatic carbocycles. The minimum Gasteiger partial charge on any atom is -0.312 e. The van der Waals surface area contributed by atoms with E-state index >= 15 is 0 Å². The quantitative estimate of drug-likeness (QED) is 0.717. The van der Waals surface area contributed by atoms with Crippen LogP contribution >= 0.6 is 12.4 Å². The molecule has 0 radical (unpaired) electrons. The average Bonchev–Trinajstić information content (AvgIpc) is 3.41. The van der Waals surface area contributed by atoms with E-state index in [-0.39, 0.29) is 29.3 Å². The number of sulfonamides is 1. The van der Waals surface area contributed by atoms with Gasteiger partial charge >= 0.3 is 0 Å². The zero-order valence-corrected chi connectivity index (χ0v) is 17.4. The third-order valence-corrected chi connectivity index (χ3v) is 7.20. The number of carbonyl (C=O) groups excluding carboxylic acids is 1. The topological polar surface area (TPSA) is 70.6 Å². The second-order valence-electron chi connectivity index (χ2n) is 7.24. The molecule has 1 amide bonds. The van der Waals surface area contributed by atoms with Crippen molar-refractivity contribution in [2.45, 2.75) is 50.1 Å². The zero-order valence-electron chi connectivity index (χ0n) is 15.7. The summed E-state index contributed by atoms with van der Waals surface area (Å²) in [6, 6.07) is 9.03. The van der Waals surface area contributed by atoms with Crippen molar-refractivity contribution in [1.29, 1.82) is 0 Å². The van der Waals surface area contributed by atoms with Crippen LogP contribution in [0.3, 0.4) is 0 Å². The van der Waals surface area contributed by atoms with Gasteiger partial charge in [-0.3, -0.25) is 9.78 Å². The first-order chi connectivity index (χ1) is 13.0. The van der Waals surface area contributed by atoms with Gasteiger partial charge in [0.1, 0.15) is 0 Å². The molecule has 150 valence electrons. The fourth-order valence-electron chi connectivity index (χ4n) is 3.53. The lowest BCUT2D eigenvalue weighted by Gasteiger charge is -2.24.